The maximum Gasteiger partial charge on any atom is 0.177 e. The molecule has 0 saturated carbocycles. The van der Waals surface area contributed by atoms with Crippen molar-refractivity contribution in [1.29, 1.82) is 0 Å². The minimum atomic E-state index is -0.248. The van der Waals surface area contributed by atoms with Gasteiger partial charge in [-0.3, -0.25) is 4.98 Å². The van der Waals surface area contributed by atoms with Crippen molar-refractivity contribution in [3.05, 3.63) is 52.4 Å². The molecule has 0 bridgehead atoms. The summed E-state index contributed by atoms with van der Waals surface area (Å²) >= 11 is 0. The van der Waals surface area contributed by atoms with E-state index in [0.29, 0.717) is 24.7 Å². The zero-order valence-electron chi connectivity index (χ0n) is 19.6. The summed E-state index contributed by atoms with van der Waals surface area (Å²) in [4.78, 5) is 25.2. The maximum atomic E-state index is 5.73. The molecule has 0 aromatic carbocycles. The molecule has 0 N–H and O–H groups in total. The summed E-state index contributed by atoms with van der Waals surface area (Å²) in [7, 11) is 0. The summed E-state index contributed by atoms with van der Waals surface area (Å²) in [5.74, 6) is 0.643. The summed E-state index contributed by atoms with van der Waals surface area (Å²) in [6.07, 6.45) is 9.45. The van der Waals surface area contributed by atoms with Gasteiger partial charge >= 0.3 is 0 Å². The van der Waals surface area contributed by atoms with Gasteiger partial charge in [0.2, 0.25) is 0 Å². The first-order chi connectivity index (χ1) is 15.4. The van der Waals surface area contributed by atoms with E-state index in [-0.39, 0.29) is 5.41 Å². The van der Waals surface area contributed by atoms with Gasteiger partial charge in [-0.05, 0) is 76.0 Å². The average Bonchev–Trinajstić information content (AvgIpc) is 2.78. The molecule has 2 heterocycles. The van der Waals surface area contributed by atoms with Gasteiger partial charge in [-0.25, -0.2) is 9.97 Å². The monoisotopic (exact) mass is 435 g/mol. The Kier molecular flexibility index (Phi) is 6.82. The number of nitrogens with zero attached hydrogens (tertiary/aromatic N) is 5. The Balaban J connectivity index is 1.31. The zero-order valence-corrected chi connectivity index (χ0v) is 19.6. The van der Waals surface area contributed by atoms with Crippen LogP contribution in [0.4, 0.5) is 0 Å². The van der Waals surface area contributed by atoms with Crippen LogP contribution in [0.5, 0.6) is 0 Å². The van der Waals surface area contributed by atoms with Crippen LogP contribution in [0, 0.1) is 12.3 Å². The van der Waals surface area contributed by atoms with Gasteiger partial charge in [0.15, 0.2) is 5.82 Å². The standard InChI is InChI=1S/C25H33N5O2/c1-17-12-13-19-9-7-11-22(23(19)27-17)30-32-16-25(3,4)15-31-29-18(2)24-26-14-20-8-5-6-10-21(20)28-24/h12-14H,5-11,15-16H2,1-4H3. The first-order valence-electron chi connectivity index (χ1n) is 11.6. The Bertz CT molecular complexity index is 1030. The van der Waals surface area contributed by atoms with Crippen LogP contribution in [0.1, 0.15) is 80.5 Å². The highest BCUT2D eigenvalue weighted by Crippen LogP contribution is 2.22. The van der Waals surface area contributed by atoms with E-state index in [0.717, 1.165) is 54.9 Å². The van der Waals surface area contributed by atoms with Crippen molar-refractivity contribution in [3.8, 4) is 0 Å². The number of fused-ring (bicyclic) bond motifs is 2. The predicted molar refractivity (Wildman–Crippen MR) is 125 cm³/mol. The normalized spacial score (nSPS) is 17.6. The first-order valence-corrected chi connectivity index (χ1v) is 11.6. The molecule has 0 radical (unpaired) electrons. The third-order valence-electron chi connectivity index (χ3n) is 5.93. The number of aromatic nitrogens is 3. The molecule has 0 amide bonds. The second-order valence-corrected chi connectivity index (χ2v) is 9.61. The highest BCUT2D eigenvalue weighted by Gasteiger charge is 2.22. The molecule has 4 rings (SSSR count). The molecule has 0 spiro atoms. The van der Waals surface area contributed by atoms with E-state index in [1.165, 1.54) is 24.0 Å². The topological polar surface area (TPSA) is 81.9 Å². The number of hydrogen-bond donors (Lipinski definition) is 0. The second-order valence-electron chi connectivity index (χ2n) is 9.61. The largest absolute Gasteiger partial charge is 0.395 e. The van der Waals surface area contributed by atoms with Crippen LogP contribution in [0.15, 0.2) is 28.6 Å². The first kappa shape index (κ1) is 22.4. The van der Waals surface area contributed by atoms with Crippen LogP contribution in [0.25, 0.3) is 0 Å². The molecular weight excluding hydrogens is 402 g/mol. The van der Waals surface area contributed by atoms with Crippen molar-refractivity contribution >= 4 is 11.4 Å². The molecule has 0 aliphatic heterocycles. The smallest absolute Gasteiger partial charge is 0.177 e. The molecule has 0 unspecified atom stereocenters. The lowest BCUT2D eigenvalue weighted by Crippen LogP contribution is -2.25. The fourth-order valence-corrected chi connectivity index (χ4v) is 4.01. The average molecular weight is 436 g/mol. The number of hydrogen-bond acceptors (Lipinski definition) is 7. The second kappa shape index (κ2) is 9.76. The summed E-state index contributed by atoms with van der Waals surface area (Å²) < 4.78 is 0. The molecule has 2 aliphatic rings. The Hall–Kier alpha value is -2.83. The highest BCUT2D eigenvalue weighted by atomic mass is 16.6. The number of rotatable bonds is 7. The molecular formula is C25H33N5O2. The zero-order chi connectivity index (χ0) is 22.6. The van der Waals surface area contributed by atoms with Gasteiger partial charge < -0.3 is 9.68 Å². The Morgan fingerprint density at radius 3 is 2.62 bits per heavy atom. The van der Waals surface area contributed by atoms with Crippen LogP contribution >= 0.6 is 0 Å². The molecule has 2 aliphatic carbocycles. The fraction of sp³-hybridized carbons (Fsp3) is 0.560. The Labute approximate surface area is 190 Å². The van der Waals surface area contributed by atoms with Crippen LogP contribution < -0.4 is 0 Å². The fourth-order valence-electron chi connectivity index (χ4n) is 4.01. The summed E-state index contributed by atoms with van der Waals surface area (Å²) in [6.45, 7) is 8.88. The lowest BCUT2D eigenvalue weighted by atomic mass is 9.94. The van der Waals surface area contributed by atoms with Gasteiger partial charge in [-0.1, -0.05) is 30.2 Å². The van der Waals surface area contributed by atoms with E-state index >= 15 is 0 Å². The van der Waals surface area contributed by atoms with E-state index in [2.05, 4.69) is 51.2 Å². The Morgan fingerprint density at radius 2 is 1.75 bits per heavy atom. The van der Waals surface area contributed by atoms with Crippen molar-refractivity contribution in [2.24, 2.45) is 15.7 Å². The van der Waals surface area contributed by atoms with Crippen molar-refractivity contribution in [2.45, 2.75) is 72.6 Å². The van der Waals surface area contributed by atoms with E-state index < -0.39 is 0 Å². The van der Waals surface area contributed by atoms with Gasteiger partial charge in [-0.15, -0.1) is 0 Å². The van der Waals surface area contributed by atoms with Crippen LogP contribution in [0.3, 0.4) is 0 Å². The molecule has 0 atom stereocenters. The van der Waals surface area contributed by atoms with Crippen LogP contribution in [-0.2, 0) is 28.9 Å². The van der Waals surface area contributed by atoms with Crippen molar-refractivity contribution in [1.82, 2.24) is 15.0 Å². The minimum absolute atomic E-state index is 0.248. The molecule has 32 heavy (non-hydrogen) atoms. The van der Waals surface area contributed by atoms with Crippen LogP contribution in [-0.4, -0.2) is 39.6 Å². The maximum absolute atomic E-state index is 5.73. The van der Waals surface area contributed by atoms with Crippen molar-refractivity contribution < 1.29 is 9.68 Å². The van der Waals surface area contributed by atoms with Gasteiger partial charge in [0.1, 0.15) is 24.6 Å². The summed E-state index contributed by atoms with van der Waals surface area (Å²) in [5, 5.41) is 8.68. The molecule has 2 aromatic rings. The number of pyridine rings is 1. The summed E-state index contributed by atoms with van der Waals surface area (Å²) in [6, 6.07) is 4.21. The lowest BCUT2D eigenvalue weighted by Gasteiger charge is -2.22. The van der Waals surface area contributed by atoms with Gasteiger partial charge in [-0.2, -0.15) is 0 Å². The van der Waals surface area contributed by atoms with Crippen molar-refractivity contribution in [3.63, 3.8) is 0 Å². The van der Waals surface area contributed by atoms with E-state index in [9.17, 15) is 0 Å². The third kappa shape index (κ3) is 5.50. The van der Waals surface area contributed by atoms with E-state index in [1.807, 2.05) is 20.0 Å². The van der Waals surface area contributed by atoms with Crippen LogP contribution in [0.2, 0.25) is 0 Å². The molecule has 7 heteroatoms. The summed E-state index contributed by atoms with van der Waals surface area (Å²) in [5.41, 5.74) is 7.03. The lowest BCUT2D eigenvalue weighted by molar-refractivity contribution is -0.000178. The van der Waals surface area contributed by atoms with Crippen molar-refractivity contribution in [2.75, 3.05) is 13.2 Å². The molecule has 2 aromatic heterocycles. The highest BCUT2D eigenvalue weighted by molar-refractivity contribution is 6.00. The van der Waals surface area contributed by atoms with Gasteiger partial charge in [0.25, 0.3) is 0 Å². The molecule has 7 nitrogen and oxygen atoms in total. The predicted octanol–water partition coefficient (Wildman–Crippen LogP) is 4.58. The van der Waals surface area contributed by atoms with Gasteiger partial charge in [0.05, 0.1) is 5.69 Å². The number of oxime groups is 2. The molecule has 0 saturated heterocycles. The minimum Gasteiger partial charge on any atom is -0.395 e. The quantitative estimate of drug-likeness (QED) is 0.469. The number of aryl methyl sites for hydroxylation is 4. The van der Waals surface area contributed by atoms with E-state index in [4.69, 9.17) is 9.68 Å². The SMILES string of the molecule is CC(=NOCC(C)(C)CON=C1CCCc2ccc(C)nc21)c1ncc2c(n1)CCCC2. The molecule has 0 fully saturated rings. The van der Waals surface area contributed by atoms with E-state index in [1.54, 1.807) is 0 Å². The third-order valence-corrected chi connectivity index (χ3v) is 5.93. The molecule has 170 valence electrons. The van der Waals surface area contributed by atoms with Gasteiger partial charge in [0, 0.05) is 23.0 Å². The Morgan fingerprint density at radius 1 is 0.969 bits per heavy atom.